The normalized spacial score (nSPS) is 42.0. The molecular formula is C12H20BNO3. The molecule has 94 valence electrons. The van der Waals surface area contributed by atoms with Gasteiger partial charge in [-0.25, -0.2) is 0 Å². The van der Waals surface area contributed by atoms with Crippen molar-refractivity contribution in [1.82, 2.24) is 5.32 Å². The molecule has 1 amide bonds. The fourth-order valence-electron chi connectivity index (χ4n) is 3.03. The first-order valence-electron chi connectivity index (χ1n) is 6.39. The standard InChI is InChI=1S/C12H20BNO3/c1-10(2)11(3,4)17-13(16-10)12-5-8(6-12)9(15)14-7-12/h8H,5-7H2,1-4H3,(H,14,15). The number of carbonyl (C=O) groups is 1. The fourth-order valence-corrected chi connectivity index (χ4v) is 3.03. The number of carbonyl (C=O) groups excluding carboxylic acids is 1. The third kappa shape index (κ3) is 1.42. The van der Waals surface area contributed by atoms with Crippen LogP contribution in [-0.2, 0) is 14.1 Å². The van der Waals surface area contributed by atoms with Gasteiger partial charge >= 0.3 is 7.12 Å². The van der Waals surface area contributed by atoms with Gasteiger partial charge in [0.1, 0.15) is 0 Å². The van der Waals surface area contributed by atoms with Gasteiger partial charge in [-0.3, -0.25) is 4.79 Å². The van der Waals surface area contributed by atoms with Crippen LogP contribution < -0.4 is 5.32 Å². The van der Waals surface area contributed by atoms with Crippen LogP contribution in [0.2, 0.25) is 5.31 Å². The van der Waals surface area contributed by atoms with Gasteiger partial charge in [0.25, 0.3) is 0 Å². The largest absolute Gasteiger partial charge is 0.466 e. The minimum atomic E-state index is -0.279. The summed E-state index contributed by atoms with van der Waals surface area (Å²) in [6, 6.07) is 0. The van der Waals surface area contributed by atoms with Gasteiger partial charge in [0.05, 0.1) is 11.2 Å². The van der Waals surface area contributed by atoms with E-state index in [1.807, 2.05) is 0 Å². The molecule has 1 N–H and O–H groups in total. The number of hydrogen-bond donors (Lipinski definition) is 1. The Bertz CT molecular complexity index is 352. The summed E-state index contributed by atoms with van der Waals surface area (Å²) in [7, 11) is -0.177. The van der Waals surface area contributed by atoms with Crippen molar-refractivity contribution < 1.29 is 14.1 Å². The Kier molecular flexibility index (Phi) is 2.08. The number of hydrogen-bond acceptors (Lipinski definition) is 3. The maximum Gasteiger partial charge on any atom is 0.466 e. The number of amides is 1. The fraction of sp³-hybridized carbons (Fsp3) is 0.917. The predicted octanol–water partition coefficient (Wildman–Crippen LogP) is 1.36. The van der Waals surface area contributed by atoms with Crippen LogP contribution in [-0.4, -0.2) is 30.8 Å². The van der Waals surface area contributed by atoms with Crippen molar-refractivity contribution in [3.63, 3.8) is 0 Å². The summed E-state index contributed by atoms with van der Waals surface area (Å²) in [6.45, 7) is 8.98. The molecule has 4 nitrogen and oxygen atoms in total. The molecule has 0 radical (unpaired) electrons. The topological polar surface area (TPSA) is 47.6 Å². The highest BCUT2D eigenvalue weighted by atomic mass is 16.7. The molecule has 17 heavy (non-hydrogen) atoms. The number of nitrogens with one attached hydrogen (secondary N) is 1. The Morgan fingerprint density at radius 3 is 2.12 bits per heavy atom. The second kappa shape index (κ2) is 3.07. The average Bonchev–Trinajstić information content (AvgIpc) is 2.34. The van der Waals surface area contributed by atoms with Crippen molar-refractivity contribution in [1.29, 1.82) is 0 Å². The first-order chi connectivity index (χ1) is 7.76. The minimum absolute atomic E-state index is 0.0175. The first kappa shape index (κ1) is 11.5. The molecule has 4 fully saturated rings. The SMILES string of the molecule is CC1(C)OB(C23CNC(=O)C(C2)C3)OC1(C)C. The van der Waals surface area contributed by atoms with E-state index in [1.165, 1.54) is 0 Å². The van der Waals surface area contributed by atoms with E-state index in [0.29, 0.717) is 6.54 Å². The Balaban J connectivity index is 1.78. The molecule has 3 heterocycles. The van der Waals surface area contributed by atoms with Gasteiger partial charge in [0, 0.05) is 17.8 Å². The van der Waals surface area contributed by atoms with Crippen molar-refractivity contribution in [2.45, 2.75) is 57.1 Å². The number of fused-ring (bicyclic) bond motifs is 2. The molecule has 0 atom stereocenters. The highest BCUT2D eigenvalue weighted by Gasteiger charge is 2.66. The van der Waals surface area contributed by atoms with E-state index >= 15 is 0 Å². The Morgan fingerprint density at radius 2 is 1.71 bits per heavy atom. The molecule has 0 aromatic rings. The molecule has 0 aromatic carbocycles. The van der Waals surface area contributed by atoms with Crippen molar-refractivity contribution in [2.75, 3.05) is 6.54 Å². The molecule has 5 heteroatoms. The zero-order valence-corrected chi connectivity index (χ0v) is 11.0. The van der Waals surface area contributed by atoms with Crippen molar-refractivity contribution >= 4 is 13.0 Å². The van der Waals surface area contributed by atoms with E-state index in [0.717, 1.165) is 12.8 Å². The van der Waals surface area contributed by atoms with E-state index in [1.54, 1.807) is 0 Å². The molecule has 4 aliphatic rings. The quantitative estimate of drug-likeness (QED) is 0.700. The van der Waals surface area contributed by atoms with Crippen LogP contribution in [0.25, 0.3) is 0 Å². The number of piperidine rings is 2. The second-order valence-electron chi connectivity index (χ2n) is 6.77. The Morgan fingerprint density at radius 1 is 1.18 bits per heavy atom. The lowest BCUT2D eigenvalue weighted by molar-refractivity contribution is -0.133. The van der Waals surface area contributed by atoms with E-state index in [4.69, 9.17) is 9.31 Å². The van der Waals surface area contributed by atoms with Crippen molar-refractivity contribution in [2.24, 2.45) is 5.92 Å². The van der Waals surface area contributed by atoms with Crippen LogP contribution in [0.5, 0.6) is 0 Å². The lowest BCUT2D eigenvalue weighted by atomic mass is 9.42. The van der Waals surface area contributed by atoms with Gasteiger partial charge in [-0.2, -0.15) is 0 Å². The Labute approximate surface area is 103 Å². The molecule has 4 rings (SSSR count). The maximum absolute atomic E-state index is 11.5. The van der Waals surface area contributed by atoms with E-state index in [-0.39, 0.29) is 35.5 Å². The monoisotopic (exact) mass is 237 g/mol. The van der Waals surface area contributed by atoms with Gasteiger partial charge in [0.15, 0.2) is 0 Å². The lowest BCUT2D eigenvalue weighted by Crippen LogP contribution is -2.60. The van der Waals surface area contributed by atoms with Gasteiger partial charge in [0.2, 0.25) is 5.91 Å². The van der Waals surface area contributed by atoms with Crippen LogP contribution in [0.1, 0.15) is 40.5 Å². The van der Waals surface area contributed by atoms with E-state index < -0.39 is 0 Å². The van der Waals surface area contributed by atoms with Crippen LogP contribution in [0.15, 0.2) is 0 Å². The highest BCUT2D eigenvalue weighted by Crippen LogP contribution is 2.59. The molecule has 1 saturated carbocycles. The summed E-state index contributed by atoms with van der Waals surface area (Å²) < 4.78 is 12.2. The van der Waals surface area contributed by atoms with Gasteiger partial charge in [-0.15, -0.1) is 0 Å². The highest BCUT2D eigenvalue weighted by molar-refractivity contribution is 6.50. The van der Waals surface area contributed by atoms with Crippen LogP contribution in [0.3, 0.4) is 0 Å². The smallest absolute Gasteiger partial charge is 0.403 e. The zero-order valence-electron chi connectivity index (χ0n) is 11.0. The molecule has 2 bridgehead atoms. The van der Waals surface area contributed by atoms with Gasteiger partial charge in [-0.1, -0.05) is 0 Å². The summed E-state index contributed by atoms with van der Waals surface area (Å²) in [5.74, 6) is 0.381. The lowest BCUT2D eigenvalue weighted by Gasteiger charge is -2.52. The molecular weight excluding hydrogens is 217 g/mol. The van der Waals surface area contributed by atoms with Crippen LogP contribution in [0, 0.1) is 5.92 Å². The van der Waals surface area contributed by atoms with E-state index in [2.05, 4.69) is 33.0 Å². The van der Waals surface area contributed by atoms with Gasteiger partial charge in [-0.05, 0) is 40.5 Å². The molecule has 0 unspecified atom stereocenters. The van der Waals surface area contributed by atoms with Crippen molar-refractivity contribution in [3.05, 3.63) is 0 Å². The third-order valence-electron chi connectivity index (χ3n) is 5.04. The van der Waals surface area contributed by atoms with Crippen LogP contribution in [0.4, 0.5) is 0 Å². The summed E-state index contributed by atoms with van der Waals surface area (Å²) in [6.07, 6.45) is 1.82. The van der Waals surface area contributed by atoms with Gasteiger partial charge < -0.3 is 14.6 Å². The Hall–Kier alpha value is -0.545. The van der Waals surface area contributed by atoms with Crippen molar-refractivity contribution in [3.8, 4) is 0 Å². The predicted molar refractivity (Wildman–Crippen MR) is 64.5 cm³/mol. The summed E-state index contributed by atoms with van der Waals surface area (Å²) in [4.78, 5) is 11.5. The summed E-state index contributed by atoms with van der Waals surface area (Å²) >= 11 is 0. The summed E-state index contributed by atoms with van der Waals surface area (Å²) in [5, 5.41) is 2.97. The molecule has 3 aliphatic heterocycles. The molecule has 0 aromatic heterocycles. The van der Waals surface area contributed by atoms with E-state index in [9.17, 15) is 4.79 Å². The first-order valence-corrected chi connectivity index (χ1v) is 6.39. The zero-order chi connectivity index (χ0) is 12.5. The maximum atomic E-state index is 11.5. The van der Waals surface area contributed by atoms with Crippen LogP contribution >= 0.6 is 0 Å². The number of rotatable bonds is 1. The third-order valence-corrected chi connectivity index (χ3v) is 5.04. The molecule has 3 saturated heterocycles. The second-order valence-corrected chi connectivity index (χ2v) is 6.77. The minimum Gasteiger partial charge on any atom is -0.403 e. The molecule has 1 aliphatic carbocycles. The molecule has 0 spiro atoms. The summed E-state index contributed by atoms with van der Waals surface area (Å²) in [5.41, 5.74) is -0.558. The average molecular weight is 237 g/mol.